The predicted molar refractivity (Wildman–Crippen MR) is 165 cm³/mol. The lowest BCUT2D eigenvalue weighted by Crippen LogP contribution is -2.40. The van der Waals surface area contributed by atoms with Gasteiger partial charge in [0.25, 0.3) is 11.8 Å². The molecular formula is C33H37N3O6S. The molecule has 0 bridgehead atoms. The molecule has 1 aliphatic carbocycles. The third-order valence-corrected chi connectivity index (χ3v) is 10.4. The Balaban J connectivity index is 1.34. The third-order valence-electron chi connectivity index (χ3n) is 8.79. The number of benzene rings is 2. The Labute approximate surface area is 251 Å². The standard InChI is InChI=1S/C33H37N3O6S/c1-3-5-28-31(33(40)36-14-12-21(37)13-15-36)19(2)29(34-28)17-25-24-16-22(10-11-27(24)35-32(25)39)43(41,42)18-26-23(20-8-9-20)6-4-7-30(26)38/h4,6-7,10-11,16-17,20-21,34,37-38H,3,5,8-9,12-15,18H2,1-2H3,(H,35,39)/b25-17-. The zero-order valence-electron chi connectivity index (χ0n) is 24.4. The number of hydrogen-bond acceptors (Lipinski definition) is 6. The molecule has 0 radical (unpaired) electrons. The van der Waals surface area contributed by atoms with Gasteiger partial charge in [0, 0.05) is 41.3 Å². The number of carbonyl (C=O) groups is 2. The number of phenols is 1. The number of carbonyl (C=O) groups excluding carboxylic acids is 2. The van der Waals surface area contributed by atoms with E-state index >= 15 is 0 Å². The minimum atomic E-state index is -3.85. The van der Waals surface area contributed by atoms with Gasteiger partial charge >= 0.3 is 0 Å². The summed E-state index contributed by atoms with van der Waals surface area (Å²) >= 11 is 0. The van der Waals surface area contributed by atoms with E-state index in [2.05, 4.69) is 10.3 Å². The molecule has 2 fully saturated rings. The summed E-state index contributed by atoms with van der Waals surface area (Å²) in [6.07, 6.45) is 5.82. The number of anilines is 1. The van der Waals surface area contributed by atoms with Crippen LogP contribution in [0.2, 0.25) is 0 Å². The smallest absolute Gasteiger partial charge is 0.256 e. The number of amides is 2. The highest BCUT2D eigenvalue weighted by Crippen LogP contribution is 2.44. The predicted octanol–water partition coefficient (Wildman–Crippen LogP) is 4.92. The van der Waals surface area contributed by atoms with E-state index in [1.54, 1.807) is 23.1 Å². The Morgan fingerprint density at radius 2 is 1.86 bits per heavy atom. The highest BCUT2D eigenvalue weighted by molar-refractivity contribution is 7.90. The van der Waals surface area contributed by atoms with Crippen molar-refractivity contribution >= 4 is 39.0 Å². The van der Waals surface area contributed by atoms with Gasteiger partial charge < -0.3 is 25.4 Å². The minimum Gasteiger partial charge on any atom is -0.508 e. The van der Waals surface area contributed by atoms with Crippen LogP contribution in [-0.2, 0) is 26.8 Å². The number of H-pyrrole nitrogens is 1. The molecule has 1 aromatic heterocycles. The van der Waals surface area contributed by atoms with Gasteiger partial charge in [-0.25, -0.2) is 8.42 Å². The van der Waals surface area contributed by atoms with Crippen molar-refractivity contribution in [1.82, 2.24) is 9.88 Å². The van der Waals surface area contributed by atoms with E-state index in [1.165, 1.54) is 18.2 Å². The lowest BCUT2D eigenvalue weighted by molar-refractivity contribution is -0.110. The van der Waals surface area contributed by atoms with Gasteiger partial charge in [0.05, 0.1) is 27.9 Å². The van der Waals surface area contributed by atoms with E-state index in [0.29, 0.717) is 66.0 Å². The van der Waals surface area contributed by atoms with Crippen molar-refractivity contribution in [1.29, 1.82) is 0 Å². The van der Waals surface area contributed by atoms with Crippen LogP contribution in [0.15, 0.2) is 41.3 Å². The maximum Gasteiger partial charge on any atom is 0.256 e. The Kier molecular flexibility index (Phi) is 7.68. The van der Waals surface area contributed by atoms with E-state index < -0.39 is 9.84 Å². The van der Waals surface area contributed by atoms with Crippen molar-refractivity contribution in [2.75, 3.05) is 18.4 Å². The molecule has 4 N–H and O–H groups in total. The van der Waals surface area contributed by atoms with Gasteiger partial charge in [-0.2, -0.15) is 0 Å². The number of aliphatic hydroxyl groups is 1. The monoisotopic (exact) mass is 603 g/mol. The quantitative estimate of drug-likeness (QED) is 0.270. The second-order valence-corrected chi connectivity index (χ2v) is 13.9. The number of sulfone groups is 1. The molecule has 6 rings (SSSR count). The maximum absolute atomic E-state index is 13.6. The zero-order chi connectivity index (χ0) is 30.5. The fourth-order valence-corrected chi connectivity index (χ4v) is 7.66. The summed E-state index contributed by atoms with van der Waals surface area (Å²) in [6, 6.07) is 9.74. The van der Waals surface area contributed by atoms with Crippen LogP contribution in [0.5, 0.6) is 5.75 Å². The molecule has 3 heterocycles. The second-order valence-electron chi connectivity index (χ2n) is 11.9. The van der Waals surface area contributed by atoms with Crippen LogP contribution >= 0.6 is 0 Å². The summed E-state index contributed by atoms with van der Waals surface area (Å²) in [6.45, 7) is 4.86. The molecule has 9 nitrogen and oxygen atoms in total. The number of aryl methyl sites for hydroxylation is 1. The number of nitrogens with zero attached hydrogens (tertiary/aromatic N) is 1. The zero-order valence-corrected chi connectivity index (χ0v) is 25.3. The van der Waals surface area contributed by atoms with Crippen LogP contribution in [-0.4, -0.2) is 59.5 Å². The van der Waals surface area contributed by atoms with Gasteiger partial charge in [0.2, 0.25) is 0 Å². The molecular weight excluding hydrogens is 566 g/mol. The van der Waals surface area contributed by atoms with Crippen molar-refractivity contribution in [3.05, 3.63) is 75.6 Å². The van der Waals surface area contributed by atoms with E-state index in [-0.39, 0.29) is 40.2 Å². The van der Waals surface area contributed by atoms with E-state index in [9.17, 15) is 28.2 Å². The Morgan fingerprint density at radius 3 is 2.56 bits per heavy atom. The van der Waals surface area contributed by atoms with Crippen LogP contribution in [0.3, 0.4) is 0 Å². The molecule has 43 heavy (non-hydrogen) atoms. The Morgan fingerprint density at radius 1 is 1.12 bits per heavy atom. The molecule has 2 aromatic carbocycles. The van der Waals surface area contributed by atoms with Gasteiger partial charge in [0.1, 0.15) is 5.75 Å². The summed E-state index contributed by atoms with van der Waals surface area (Å²) in [5, 5.41) is 23.2. The molecule has 1 saturated heterocycles. The molecule has 1 saturated carbocycles. The van der Waals surface area contributed by atoms with Crippen molar-refractivity contribution in [3.8, 4) is 5.75 Å². The second kappa shape index (κ2) is 11.3. The number of hydrogen-bond donors (Lipinski definition) is 4. The number of rotatable bonds is 8. The summed E-state index contributed by atoms with van der Waals surface area (Å²) < 4.78 is 27.2. The number of likely N-dealkylation sites (tertiary alicyclic amines) is 1. The number of phenolic OH excluding ortho intramolecular Hbond substituents is 1. The fraction of sp³-hybridized carbons (Fsp3) is 0.394. The molecule has 3 aromatic rings. The number of piperidine rings is 1. The third kappa shape index (κ3) is 5.61. The first-order valence-electron chi connectivity index (χ1n) is 15.0. The lowest BCUT2D eigenvalue weighted by Gasteiger charge is -2.30. The number of fused-ring (bicyclic) bond motifs is 1. The highest BCUT2D eigenvalue weighted by Gasteiger charge is 2.32. The van der Waals surface area contributed by atoms with Crippen molar-refractivity contribution in [3.63, 3.8) is 0 Å². The molecule has 0 spiro atoms. The summed E-state index contributed by atoms with van der Waals surface area (Å²) in [7, 11) is -3.85. The number of aromatic nitrogens is 1. The Bertz CT molecular complexity index is 1740. The van der Waals surface area contributed by atoms with Gasteiger partial charge in [-0.3, -0.25) is 9.59 Å². The molecule has 2 amide bonds. The van der Waals surface area contributed by atoms with E-state index in [1.807, 2.05) is 19.9 Å². The van der Waals surface area contributed by atoms with Gasteiger partial charge in [0.15, 0.2) is 9.84 Å². The average Bonchev–Trinajstić information content (AvgIpc) is 3.71. The highest BCUT2D eigenvalue weighted by atomic mass is 32.2. The first kappa shape index (κ1) is 29.2. The number of aromatic amines is 1. The van der Waals surface area contributed by atoms with Crippen LogP contribution in [0.4, 0.5) is 5.69 Å². The molecule has 10 heteroatoms. The average molecular weight is 604 g/mol. The van der Waals surface area contributed by atoms with Gasteiger partial charge in [-0.05, 0) is 86.4 Å². The normalized spacial score (nSPS) is 18.3. The summed E-state index contributed by atoms with van der Waals surface area (Å²) in [5.74, 6) is -0.533. The van der Waals surface area contributed by atoms with Gasteiger partial charge in [-0.15, -0.1) is 0 Å². The van der Waals surface area contributed by atoms with E-state index in [0.717, 1.165) is 36.1 Å². The summed E-state index contributed by atoms with van der Waals surface area (Å²) in [4.78, 5) is 31.9. The van der Waals surface area contributed by atoms with Crippen LogP contribution in [0, 0.1) is 6.92 Å². The molecule has 3 aliphatic rings. The Hall–Kier alpha value is -3.89. The first-order chi connectivity index (χ1) is 20.6. The van der Waals surface area contributed by atoms with Crippen LogP contribution in [0.1, 0.15) is 88.9 Å². The fourth-order valence-electron chi connectivity index (χ4n) is 6.23. The van der Waals surface area contributed by atoms with Crippen LogP contribution < -0.4 is 5.32 Å². The topological polar surface area (TPSA) is 140 Å². The minimum absolute atomic E-state index is 0.0252. The first-order valence-corrected chi connectivity index (χ1v) is 16.6. The molecule has 0 unspecified atom stereocenters. The number of aliphatic hydroxyl groups excluding tert-OH is 1. The number of nitrogens with one attached hydrogen (secondary N) is 2. The van der Waals surface area contributed by atoms with Crippen molar-refractivity contribution in [2.45, 2.75) is 75.0 Å². The maximum atomic E-state index is 13.6. The van der Waals surface area contributed by atoms with Crippen LogP contribution in [0.25, 0.3) is 11.6 Å². The number of aromatic hydroxyl groups is 1. The molecule has 2 aliphatic heterocycles. The molecule has 226 valence electrons. The summed E-state index contributed by atoms with van der Waals surface area (Å²) in [5.41, 5.74) is 5.33. The van der Waals surface area contributed by atoms with Gasteiger partial charge in [-0.1, -0.05) is 25.5 Å². The van der Waals surface area contributed by atoms with E-state index in [4.69, 9.17) is 0 Å². The van der Waals surface area contributed by atoms with Crippen molar-refractivity contribution in [2.24, 2.45) is 0 Å². The SMILES string of the molecule is CCCc1[nH]c(/C=C2\C(=O)Nc3ccc(S(=O)(=O)Cc4c(O)cccc4C4CC4)cc32)c(C)c1C(=O)N1CCC(O)CC1. The largest absolute Gasteiger partial charge is 0.508 e. The van der Waals surface area contributed by atoms with Crippen molar-refractivity contribution < 1.29 is 28.2 Å². The lowest BCUT2D eigenvalue weighted by atomic mass is 10.0. The molecule has 0 atom stereocenters.